The molecule has 1 fully saturated rings. The molecule has 6 nitrogen and oxygen atoms in total. The van der Waals surface area contributed by atoms with Gasteiger partial charge in [0.25, 0.3) is 0 Å². The number of aliphatic hydroxyl groups excluding tert-OH is 1. The van der Waals surface area contributed by atoms with Gasteiger partial charge in [-0.3, -0.25) is 4.90 Å². The number of methoxy groups -OCH3 is 2. The monoisotopic (exact) mass is 393 g/mol. The van der Waals surface area contributed by atoms with Crippen molar-refractivity contribution in [1.29, 1.82) is 0 Å². The number of aliphatic hydroxyl groups is 1. The van der Waals surface area contributed by atoms with E-state index in [0.717, 1.165) is 11.1 Å². The number of aromatic hydroxyl groups is 1. The minimum Gasteiger partial charge on any atom is -0.506 e. The van der Waals surface area contributed by atoms with Crippen LogP contribution in [0.4, 0.5) is 0 Å². The van der Waals surface area contributed by atoms with E-state index < -0.39 is 0 Å². The lowest BCUT2D eigenvalue weighted by Crippen LogP contribution is -2.46. The van der Waals surface area contributed by atoms with Crippen molar-refractivity contribution in [3.8, 4) is 17.2 Å². The summed E-state index contributed by atoms with van der Waals surface area (Å²) in [4.78, 5) is 2.19. The summed E-state index contributed by atoms with van der Waals surface area (Å²) in [6.07, 6.45) is -0.382. The van der Waals surface area contributed by atoms with Gasteiger partial charge in [-0.1, -0.05) is 29.8 Å². The number of phenols is 1. The topological polar surface area (TPSA) is 71.4 Å². The number of halogens is 1. The maximum absolute atomic E-state index is 9.89. The van der Waals surface area contributed by atoms with E-state index in [4.69, 9.17) is 25.8 Å². The van der Waals surface area contributed by atoms with E-state index in [1.165, 1.54) is 0 Å². The Hall–Kier alpha value is -1.99. The number of hydrogen-bond acceptors (Lipinski definition) is 6. The lowest BCUT2D eigenvalue weighted by molar-refractivity contribution is -0.0961. The highest BCUT2D eigenvalue weighted by atomic mass is 35.5. The van der Waals surface area contributed by atoms with Crippen molar-refractivity contribution < 1.29 is 24.4 Å². The summed E-state index contributed by atoms with van der Waals surface area (Å²) in [6.45, 7) is 1.59. The van der Waals surface area contributed by atoms with Gasteiger partial charge in [-0.15, -0.1) is 0 Å². The minimum absolute atomic E-state index is 0.0591. The molecule has 7 heteroatoms. The van der Waals surface area contributed by atoms with Gasteiger partial charge in [0.05, 0.1) is 38.5 Å². The first-order valence-electron chi connectivity index (χ1n) is 8.73. The van der Waals surface area contributed by atoms with E-state index >= 15 is 0 Å². The molecule has 27 heavy (non-hydrogen) atoms. The van der Waals surface area contributed by atoms with Crippen LogP contribution in [0, 0.1) is 0 Å². The zero-order chi connectivity index (χ0) is 19.4. The summed E-state index contributed by atoms with van der Waals surface area (Å²) in [5.41, 5.74) is 1.77. The molecule has 0 spiro atoms. The molecule has 1 aliphatic heterocycles. The van der Waals surface area contributed by atoms with Gasteiger partial charge in [-0.05, 0) is 29.3 Å². The van der Waals surface area contributed by atoms with E-state index in [9.17, 15) is 10.2 Å². The van der Waals surface area contributed by atoms with Crippen LogP contribution in [0.25, 0.3) is 0 Å². The lowest BCUT2D eigenvalue weighted by Gasteiger charge is -2.41. The molecule has 3 rings (SSSR count). The Morgan fingerprint density at radius 2 is 1.96 bits per heavy atom. The Kier molecular flexibility index (Phi) is 6.44. The van der Waals surface area contributed by atoms with E-state index in [1.54, 1.807) is 26.4 Å². The first-order chi connectivity index (χ1) is 13.1. The van der Waals surface area contributed by atoms with Gasteiger partial charge in [-0.25, -0.2) is 0 Å². The third-order valence-corrected chi connectivity index (χ3v) is 5.25. The van der Waals surface area contributed by atoms with Crippen molar-refractivity contribution in [2.45, 2.75) is 18.7 Å². The van der Waals surface area contributed by atoms with Crippen molar-refractivity contribution in [3.05, 3.63) is 52.5 Å². The maximum atomic E-state index is 9.89. The molecule has 0 aliphatic carbocycles. The fourth-order valence-corrected chi connectivity index (χ4v) is 3.67. The van der Waals surface area contributed by atoms with Gasteiger partial charge < -0.3 is 24.4 Å². The molecule has 0 amide bonds. The van der Waals surface area contributed by atoms with Crippen molar-refractivity contribution in [3.63, 3.8) is 0 Å². The van der Waals surface area contributed by atoms with Crippen LogP contribution in [0.5, 0.6) is 17.2 Å². The second-order valence-electron chi connectivity index (χ2n) is 6.37. The van der Waals surface area contributed by atoms with Crippen molar-refractivity contribution >= 4 is 11.6 Å². The molecule has 2 unspecified atom stereocenters. The van der Waals surface area contributed by atoms with E-state index in [0.29, 0.717) is 36.2 Å². The normalized spacial score (nSPS) is 20.4. The van der Waals surface area contributed by atoms with Crippen LogP contribution >= 0.6 is 11.6 Å². The van der Waals surface area contributed by atoms with Gasteiger partial charge in [0.2, 0.25) is 0 Å². The average molecular weight is 394 g/mol. The number of phenolic OH excluding ortho intramolecular Hbond substituents is 1. The molecule has 2 atom stereocenters. The van der Waals surface area contributed by atoms with E-state index in [2.05, 4.69) is 4.90 Å². The van der Waals surface area contributed by atoms with Crippen molar-refractivity contribution in [2.75, 3.05) is 34.0 Å². The molecule has 146 valence electrons. The Morgan fingerprint density at radius 1 is 1.19 bits per heavy atom. The van der Waals surface area contributed by atoms with Gasteiger partial charge in [0.1, 0.15) is 11.9 Å². The van der Waals surface area contributed by atoms with Crippen LogP contribution < -0.4 is 9.47 Å². The molecule has 2 aromatic rings. The maximum Gasteiger partial charge on any atom is 0.161 e. The van der Waals surface area contributed by atoms with Crippen molar-refractivity contribution in [2.24, 2.45) is 0 Å². The van der Waals surface area contributed by atoms with Gasteiger partial charge in [0, 0.05) is 13.1 Å². The summed E-state index contributed by atoms with van der Waals surface area (Å²) in [5, 5.41) is 20.1. The van der Waals surface area contributed by atoms with Gasteiger partial charge in [-0.2, -0.15) is 0 Å². The summed E-state index contributed by atoms with van der Waals surface area (Å²) in [7, 11) is 3.18. The fraction of sp³-hybridized carbons (Fsp3) is 0.400. The second-order valence-corrected chi connectivity index (χ2v) is 6.75. The Morgan fingerprint density at radius 3 is 2.67 bits per heavy atom. The van der Waals surface area contributed by atoms with Crippen LogP contribution in [-0.4, -0.2) is 55.2 Å². The molecular formula is C20H24ClNO5. The number of ether oxygens (including phenoxy) is 3. The molecule has 0 bridgehead atoms. The van der Waals surface area contributed by atoms with Crippen molar-refractivity contribution in [1.82, 2.24) is 4.90 Å². The standard InChI is InChI=1S/C20H24ClNO5/c1-25-16-7-6-13(10-17(16)26-2)20-18(12-23)27-9-8-22(20)11-14-4-3-5-15(24)19(14)21/h3-7,10,18,20,23-24H,8-9,11-12H2,1-2H3. The fourth-order valence-electron chi connectivity index (χ4n) is 3.49. The minimum atomic E-state index is -0.382. The van der Waals surface area contributed by atoms with E-state index in [-0.39, 0.29) is 24.5 Å². The zero-order valence-electron chi connectivity index (χ0n) is 15.4. The lowest BCUT2D eigenvalue weighted by atomic mass is 9.97. The summed E-state index contributed by atoms with van der Waals surface area (Å²) in [5.74, 6) is 1.32. The molecule has 2 aromatic carbocycles. The first-order valence-corrected chi connectivity index (χ1v) is 9.11. The van der Waals surface area contributed by atoms with Crippen LogP contribution in [0.15, 0.2) is 36.4 Å². The number of morpholine rings is 1. The SMILES string of the molecule is COc1ccc(C2C(CO)OCCN2Cc2cccc(O)c2Cl)cc1OC. The van der Waals surface area contributed by atoms with Crippen LogP contribution in [0.3, 0.4) is 0 Å². The molecule has 0 aromatic heterocycles. The predicted octanol–water partition coefficient (Wildman–Crippen LogP) is 3.00. The molecule has 2 N–H and O–H groups in total. The summed E-state index contributed by atoms with van der Waals surface area (Å²) in [6, 6.07) is 10.7. The number of nitrogens with zero attached hydrogens (tertiary/aromatic N) is 1. The highest BCUT2D eigenvalue weighted by molar-refractivity contribution is 6.32. The molecule has 0 radical (unpaired) electrons. The average Bonchev–Trinajstić information content (AvgIpc) is 2.70. The second kappa shape index (κ2) is 8.80. The Balaban J connectivity index is 1.96. The molecule has 1 aliphatic rings. The molecular weight excluding hydrogens is 370 g/mol. The Labute approximate surface area is 163 Å². The zero-order valence-corrected chi connectivity index (χ0v) is 16.1. The molecule has 1 saturated heterocycles. The quantitative estimate of drug-likeness (QED) is 0.786. The highest BCUT2D eigenvalue weighted by Crippen LogP contribution is 2.37. The first kappa shape index (κ1) is 19.8. The molecule has 1 heterocycles. The number of benzene rings is 2. The van der Waals surface area contributed by atoms with Crippen LogP contribution in [0.1, 0.15) is 17.2 Å². The number of rotatable bonds is 6. The van der Waals surface area contributed by atoms with Gasteiger partial charge >= 0.3 is 0 Å². The van der Waals surface area contributed by atoms with E-state index in [1.807, 2.05) is 24.3 Å². The third-order valence-electron chi connectivity index (χ3n) is 4.82. The highest BCUT2D eigenvalue weighted by Gasteiger charge is 2.34. The predicted molar refractivity (Wildman–Crippen MR) is 103 cm³/mol. The van der Waals surface area contributed by atoms with Crippen LogP contribution in [0.2, 0.25) is 5.02 Å². The smallest absolute Gasteiger partial charge is 0.161 e. The third kappa shape index (κ3) is 4.14. The largest absolute Gasteiger partial charge is 0.506 e. The summed E-state index contributed by atoms with van der Waals surface area (Å²) < 4.78 is 16.5. The number of hydrogen-bond donors (Lipinski definition) is 2. The Bertz CT molecular complexity index is 785. The van der Waals surface area contributed by atoms with Gasteiger partial charge in [0.15, 0.2) is 11.5 Å². The summed E-state index contributed by atoms with van der Waals surface area (Å²) >= 11 is 6.27. The molecule has 0 saturated carbocycles. The van der Waals surface area contributed by atoms with Crippen LogP contribution in [-0.2, 0) is 11.3 Å².